The molecule has 0 atom stereocenters. The van der Waals surface area contributed by atoms with Crippen LogP contribution in [0.3, 0.4) is 0 Å². The predicted octanol–water partition coefficient (Wildman–Crippen LogP) is 8.24. The summed E-state index contributed by atoms with van der Waals surface area (Å²) in [6, 6.07) is 28.3. The molecule has 4 nitrogen and oxygen atoms in total. The van der Waals surface area contributed by atoms with Gasteiger partial charge in [-0.25, -0.2) is 0 Å². The van der Waals surface area contributed by atoms with Gasteiger partial charge in [0.15, 0.2) is 0 Å². The summed E-state index contributed by atoms with van der Waals surface area (Å²) in [7, 11) is 0. The van der Waals surface area contributed by atoms with E-state index in [0.29, 0.717) is 0 Å². The van der Waals surface area contributed by atoms with E-state index >= 15 is 0 Å². The molecule has 0 saturated carbocycles. The van der Waals surface area contributed by atoms with Gasteiger partial charge in [0.25, 0.3) is 0 Å². The molecule has 0 saturated heterocycles. The lowest BCUT2D eigenvalue weighted by atomic mass is 9.78. The predicted molar refractivity (Wildman–Crippen MR) is 146 cm³/mol. The second-order valence-electron chi connectivity index (χ2n) is 7.81. The maximum Gasteiger partial charge on any atom is 0.115 e. The van der Waals surface area contributed by atoms with Crippen LogP contribution >= 0.6 is 0 Å². The van der Waals surface area contributed by atoms with Crippen molar-refractivity contribution in [2.75, 3.05) is 0 Å². The van der Waals surface area contributed by atoms with Crippen LogP contribution in [0.2, 0.25) is 0 Å². The average Bonchev–Trinajstić information content (AvgIpc) is 2.88. The second kappa shape index (κ2) is 14.4. The van der Waals surface area contributed by atoms with Gasteiger partial charge in [0.05, 0.1) is 0 Å². The first kappa shape index (κ1) is 29.1. The zero-order chi connectivity index (χ0) is 26.4. The number of hydrogen-bond acceptors (Lipinski definition) is 4. The highest BCUT2D eigenvalue weighted by atomic mass is 16.3. The fourth-order valence-electron chi connectivity index (χ4n) is 3.23. The quantitative estimate of drug-likeness (QED) is 0.241. The van der Waals surface area contributed by atoms with E-state index in [1.165, 1.54) is 0 Å². The van der Waals surface area contributed by atoms with E-state index < -0.39 is 0 Å². The zero-order valence-corrected chi connectivity index (χ0v) is 21.5. The molecule has 186 valence electrons. The van der Waals surface area contributed by atoms with Gasteiger partial charge in [-0.3, -0.25) is 0 Å². The number of rotatable bonds is 3. The van der Waals surface area contributed by atoms with Crippen LogP contribution in [0.1, 0.15) is 52.7 Å². The van der Waals surface area contributed by atoms with Gasteiger partial charge in [0, 0.05) is 5.41 Å². The van der Waals surface area contributed by atoms with Crippen molar-refractivity contribution >= 4 is 0 Å². The van der Waals surface area contributed by atoms with E-state index in [1.807, 2.05) is 76.2 Å². The molecular formula is C31H38O4. The van der Waals surface area contributed by atoms with Crippen LogP contribution in [0.5, 0.6) is 23.0 Å². The Hall–Kier alpha value is -3.92. The Bertz CT molecular complexity index is 1010. The van der Waals surface area contributed by atoms with Crippen molar-refractivity contribution < 1.29 is 20.4 Å². The van der Waals surface area contributed by atoms with Crippen LogP contribution in [0.4, 0.5) is 0 Å². The third-order valence-corrected chi connectivity index (χ3v) is 5.25. The fraction of sp³-hybridized carbons (Fsp3) is 0.226. The van der Waals surface area contributed by atoms with Gasteiger partial charge in [-0.15, -0.1) is 0 Å². The minimum atomic E-state index is -0.151. The van der Waals surface area contributed by atoms with Gasteiger partial charge < -0.3 is 20.4 Å². The molecule has 0 aliphatic heterocycles. The minimum absolute atomic E-state index is 0.151. The van der Waals surface area contributed by atoms with Crippen LogP contribution in [-0.2, 0) is 5.41 Å². The van der Waals surface area contributed by atoms with Crippen molar-refractivity contribution in [3.05, 3.63) is 108 Å². The van der Waals surface area contributed by atoms with Gasteiger partial charge in [0.2, 0.25) is 0 Å². The number of benzene rings is 4. The van der Waals surface area contributed by atoms with Crippen LogP contribution in [-0.4, -0.2) is 20.4 Å². The molecule has 4 N–H and O–H groups in total. The highest BCUT2D eigenvalue weighted by molar-refractivity contribution is 5.64. The first-order valence-corrected chi connectivity index (χ1v) is 11.9. The summed E-state index contributed by atoms with van der Waals surface area (Å²) in [6.45, 7) is 12.2. The largest absolute Gasteiger partial charge is 0.508 e. The molecule has 35 heavy (non-hydrogen) atoms. The van der Waals surface area contributed by atoms with Gasteiger partial charge in [-0.1, -0.05) is 90.1 Å². The molecule has 0 aromatic heterocycles. The van der Waals surface area contributed by atoms with Crippen molar-refractivity contribution in [3.63, 3.8) is 0 Å². The maximum absolute atomic E-state index is 9.30. The second-order valence-corrected chi connectivity index (χ2v) is 7.81. The zero-order valence-electron chi connectivity index (χ0n) is 21.5. The van der Waals surface area contributed by atoms with Crippen LogP contribution < -0.4 is 0 Å². The van der Waals surface area contributed by atoms with Crippen LogP contribution in [0.25, 0.3) is 11.1 Å². The fourth-order valence-corrected chi connectivity index (χ4v) is 3.23. The SMILES string of the molecule is CC.CC.CC(C)(c1ccc(O)cc1)c1ccc(O)cc1.Oc1ccc(-c2ccc(O)cc2)cc1. The number of phenols is 4. The molecule has 0 unspecified atom stereocenters. The van der Waals surface area contributed by atoms with Crippen molar-refractivity contribution in [3.8, 4) is 34.1 Å². The molecule has 0 spiro atoms. The lowest BCUT2D eigenvalue weighted by Gasteiger charge is -2.26. The van der Waals surface area contributed by atoms with Crippen LogP contribution in [0, 0.1) is 0 Å². The first-order valence-electron chi connectivity index (χ1n) is 11.9. The monoisotopic (exact) mass is 474 g/mol. The summed E-state index contributed by atoms with van der Waals surface area (Å²) < 4.78 is 0. The molecule has 0 radical (unpaired) electrons. The maximum atomic E-state index is 9.30. The Kier molecular flexibility index (Phi) is 11.9. The Morgan fingerprint density at radius 1 is 0.371 bits per heavy atom. The highest BCUT2D eigenvalue weighted by Crippen LogP contribution is 2.33. The molecule has 0 aliphatic rings. The standard InChI is InChI=1S/C15H16O2.C12H10O2.2C2H6/c1-15(2,11-3-7-13(16)8-4-11)12-5-9-14(17)10-6-12;13-11-5-1-9(2-6-11)10-3-7-12(14)8-4-10;2*1-2/h3-10,16-17H,1-2H3;1-8,13-14H;2*1-2H3. The normalized spacial score (nSPS) is 9.89. The topological polar surface area (TPSA) is 80.9 Å². The molecule has 0 heterocycles. The van der Waals surface area contributed by atoms with Gasteiger partial charge in [-0.05, 0) is 70.8 Å². The summed E-state index contributed by atoms with van der Waals surface area (Å²) in [5.41, 5.74) is 4.13. The molecule has 4 aromatic rings. The first-order chi connectivity index (χ1) is 16.8. The summed E-state index contributed by atoms with van der Waals surface area (Å²) in [6.07, 6.45) is 0. The van der Waals surface area contributed by atoms with Crippen molar-refractivity contribution in [1.29, 1.82) is 0 Å². The molecule has 4 rings (SSSR count). The number of phenolic OH excluding ortho intramolecular Hbond substituents is 4. The van der Waals surface area contributed by atoms with E-state index in [2.05, 4.69) is 13.8 Å². The van der Waals surface area contributed by atoms with E-state index in [9.17, 15) is 10.2 Å². The Morgan fingerprint density at radius 2 is 0.571 bits per heavy atom. The number of aromatic hydroxyl groups is 4. The lowest BCUT2D eigenvalue weighted by molar-refractivity contribution is 0.473. The summed E-state index contributed by atoms with van der Waals surface area (Å²) in [5.74, 6) is 1.06. The summed E-state index contributed by atoms with van der Waals surface area (Å²) in [5, 5.41) is 36.8. The molecule has 4 heteroatoms. The Morgan fingerprint density at radius 3 is 0.800 bits per heavy atom. The summed E-state index contributed by atoms with van der Waals surface area (Å²) in [4.78, 5) is 0. The third kappa shape index (κ3) is 8.74. The smallest absolute Gasteiger partial charge is 0.115 e. The van der Waals surface area contributed by atoms with E-state index in [-0.39, 0.29) is 28.4 Å². The van der Waals surface area contributed by atoms with E-state index in [0.717, 1.165) is 22.3 Å². The van der Waals surface area contributed by atoms with E-state index in [4.69, 9.17) is 10.2 Å². The molecular weight excluding hydrogens is 436 g/mol. The Balaban J connectivity index is 0.000000311. The van der Waals surface area contributed by atoms with Crippen molar-refractivity contribution in [1.82, 2.24) is 0 Å². The minimum Gasteiger partial charge on any atom is -0.508 e. The van der Waals surface area contributed by atoms with E-state index in [1.54, 1.807) is 48.5 Å². The molecule has 0 aliphatic carbocycles. The summed E-state index contributed by atoms with van der Waals surface area (Å²) >= 11 is 0. The third-order valence-electron chi connectivity index (χ3n) is 5.25. The van der Waals surface area contributed by atoms with Gasteiger partial charge in [0.1, 0.15) is 23.0 Å². The lowest BCUT2D eigenvalue weighted by Crippen LogP contribution is -2.18. The van der Waals surface area contributed by atoms with Gasteiger partial charge in [-0.2, -0.15) is 0 Å². The van der Waals surface area contributed by atoms with Crippen molar-refractivity contribution in [2.45, 2.75) is 47.0 Å². The molecule has 4 aromatic carbocycles. The molecule has 0 amide bonds. The molecule has 0 bridgehead atoms. The molecule has 0 fully saturated rings. The number of hydrogen-bond donors (Lipinski definition) is 4. The van der Waals surface area contributed by atoms with Gasteiger partial charge >= 0.3 is 0 Å². The van der Waals surface area contributed by atoms with Crippen LogP contribution in [0.15, 0.2) is 97.1 Å². The van der Waals surface area contributed by atoms with Crippen molar-refractivity contribution in [2.24, 2.45) is 0 Å². The Labute approximate surface area is 209 Å². The average molecular weight is 475 g/mol. The highest BCUT2D eigenvalue weighted by Gasteiger charge is 2.22.